The van der Waals surface area contributed by atoms with E-state index in [0.29, 0.717) is 5.41 Å². The zero-order chi connectivity index (χ0) is 12.1. The van der Waals surface area contributed by atoms with E-state index < -0.39 is 5.60 Å². The number of nitrogens with one attached hydrogen (secondary N) is 1. The molecule has 2 N–H and O–H groups in total. The van der Waals surface area contributed by atoms with Gasteiger partial charge in [0.1, 0.15) is 0 Å². The lowest BCUT2D eigenvalue weighted by molar-refractivity contribution is -0.0972. The van der Waals surface area contributed by atoms with Gasteiger partial charge in [0.25, 0.3) is 0 Å². The summed E-state index contributed by atoms with van der Waals surface area (Å²) < 4.78 is 0. The summed E-state index contributed by atoms with van der Waals surface area (Å²) in [7, 11) is 1.94. The number of hydrogen-bond acceptors (Lipinski definition) is 2. The summed E-state index contributed by atoms with van der Waals surface area (Å²) in [5.41, 5.74) is -0.0183. The molecule has 4 aliphatic rings. The molecule has 1 atom stereocenters. The third-order valence-corrected chi connectivity index (χ3v) is 5.48. The molecule has 0 radical (unpaired) electrons. The molecule has 1 unspecified atom stereocenters. The van der Waals surface area contributed by atoms with Gasteiger partial charge >= 0.3 is 0 Å². The molecular weight excluding hydrogens is 210 g/mol. The van der Waals surface area contributed by atoms with E-state index in [4.69, 9.17) is 0 Å². The van der Waals surface area contributed by atoms with Crippen molar-refractivity contribution in [2.45, 2.75) is 57.5 Å². The molecule has 0 spiro atoms. The Bertz CT molecular complexity index is 262. The van der Waals surface area contributed by atoms with Gasteiger partial charge in [-0.2, -0.15) is 0 Å². The highest BCUT2D eigenvalue weighted by molar-refractivity contribution is 5.03. The Kier molecular flexibility index (Phi) is 2.79. The quantitative estimate of drug-likeness (QED) is 0.787. The second-order valence-corrected chi connectivity index (χ2v) is 7.62. The lowest BCUT2D eigenvalue weighted by atomic mass is 9.48. The summed E-state index contributed by atoms with van der Waals surface area (Å²) in [6, 6.07) is 0. The third-order valence-electron chi connectivity index (χ3n) is 5.48. The molecule has 17 heavy (non-hydrogen) atoms. The van der Waals surface area contributed by atoms with E-state index >= 15 is 0 Å². The standard InChI is InChI=1S/C15H27NO/c1-14(17,10-16-2)9-15-6-11-3-12(7-15)5-13(4-11)8-15/h11-13,16-17H,3-10H2,1-2H3. The maximum absolute atomic E-state index is 10.5. The van der Waals surface area contributed by atoms with Crippen LogP contribution in [0.4, 0.5) is 0 Å². The van der Waals surface area contributed by atoms with E-state index in [0.717, 1.165) is 30.7 Å². The van der Waals surface area contributed by atoms with Crippen LogP contribution in [0.1, 0.15) is 51.9 Å². The lowest BCUT2D eigenvalue weighted by Gasteiger charge is -2.58. The highest BCUT2D eigenvalue weighted by Gasteiger charge is 2.52. The van der Waals surface area contributed by atoms with Gasteiger partial charge in [0, 0.05) is 6.54 Å². The monoisotopic (exact) mass is 237 g/mol. The second-order valence-electron chi connectivity index (χ2n) is 7.62. The molecule has 4 rings (SSSR count). The Balaban J connectivity index is 1.74. The maximum atomic E-state index is 10.5. The van der Waals surface area contributed by atoms with Gasteiger partial charge in [0.05, 0.1) is 5.60 Å². The molecule has 0 aliphatic heterocycles. The SMILES string of the molecule is CNCC(C)(O)CC12CC3CC(CC(C3)C1)C2. The highest BCUT2D eigenvalue weighted by atomic mass is 16.3. The number of rotatable bonds is 4. The molecule has 4 fully saturated rings. The van der Waals surface area contributed by atoms with Crippen LogP contribution in [0.15, 0.2) is 0 Å². The molecule has 0 aromatic rings. The molecule has 98 valence electrons. The van der Waals surface area contributed by atoms with Crippen LogP contribution in [0.25, 0.3) is 0 Å². The van der Waals surface area contributed by atoms with Gasteiger partial charge < -0.3 is 10.4 Å². The van der Waals surface area contributed by atoms with Gasteiger partial charge in [-0.1, -0.05) is 0 Å². The summed E-state index contributed by atoms with van der Waals surface area (Å²) in [4.78, 5) is 0. The normalized spacial score (nSPS) is 47.1. The Morgan fingerprint density at radius 3 is 2.00 bits per heavy atom. The smallest absolute Gasteiger partial charge is 0.0748 e. The Hall–Kier alpha value is -0.0800. The molecule has 0 saturated heterocycles. The first-order valence-corrected chi connectivity index (χ1v) is 7.37. The van der Waals surface area contributed by atoms with Crippen LogP contribution in [0.3, 0.4) is 0 Å². The largest absolute Gasteiger partial charge is 0.389 e. The van der Waals surface area contributed by atoms with Gasteiger partial charge in [-0.3, -0.25) is 0 Å². The number of hydrogen-bond donors (Lipinski definition) is 2. The molecular formula is C15H27NO. The van der Waals surface area contributed by atoms with Crippen LogP contribution in [0.2, 0.25) is 0 Å². The minimum atomic E-state index is -0.513. The first-order valence-electron chi connectivity index (χ1n) is 7.37. The molecule has 4 bridgehead atoms. The number of aliphatic hydroxyl groups is 1. The van der Waals surface area contributed by atoms with Crippen molar-refractivity contribution in [3.63, 3.8) is 0 Å². The van der Waals surface area contributed by atoms with E-state index in [1.54, 1.807) is 0 Å². The fourth-order valence-corrected chi connectivity index (χ4v) is 5.76. The van der Waals surface area contributed by atoms with Crippen molar-refractivity contribution >= 4 is 0 Å². The number of likely N-dealkylation sites (N-methyl/N-ethyl adjacent to an activating group) is 1. The van der Waals surface area contributed by atoms with Crippen molar-refractivity contribution in [3.05, 3.63) is 0 Å². The molecule has 2 nitrogen and oxygen atoms in total. The molecule has 0 aromatic carbocycles. The summed E-state index contributed by atoms with van der Waals surface area (Å²) in [5.74, 6) is 2.98. The Morgan fingerprint density at radius 1 is 1.12 bits per heavy atom. The third kappa shape index (κ3) is 2.26. The summed E-state index contributed by atoms with van der Waals surface area (Å²) >= 11 is 0. The summed E-state index contributed by atoms with van der Waals surface area (Å²) in [6.45, 7) is 2.75. The van der Waals surface area contributed by atoms with Crippen molar-refractivity contribution < 1.29 is 5.11 Å². The predicted octanol–water partition coefficient (Wildman–Crippen LogP) is 2.56. The summed E-state index contributed by atoms with van der Waals surface area (Å²) in [6.07, 6.45) is 9.70. The Morgan fingerprint density at radius 2 is 1.59 bits per heavy atom. The van der Waals surface area contributed by atoms with Crippen molar-refractivity contribution in [2.24, 2.45) is 23.2 Å². The molecule has 4 aliphatic carbocycles. The maximum Gasteiger partial charge on any atom is 0.0748 e. The fraction of sp³-hybridized carbons (Fsp3) is 1.00. The van der Waals surface area contributed by atoms with Crippen molar-refractivity contribution in [3.8, 4) is 0 Å². The van der Waals surface area contributed by atoms with Crippen molar-refractivity contribution in [2.75, 3.05) is 13.6 Å². The zero-order valence-corrected chi connectivity index (χ0v) is 11.3. The van der Waals surface area contributed by atoms with Crippen LogP contribution in [-0.2, 0) is 0 Å². The zero-order valence-electron chi connectivity index (χ0n) is 11.3. The van der Waals surface area contributed by atoms with Gasteiger partial charge in [0.15, 0.2) is 0 Å². The minimum Gasteiger partial charge on any atom is -0.389 e. The predicted molar refractivity (Wildman–Crippen MR) is 69.8 cm³/mol. The van der Waals surface area contributed by atoms with Crippen molar-refractivity contribution in [1.29, 1.82) is 0 Å². The van der Waals surface area contributed by atoms with E-state index in [-0.39, 0.29) is 0 Å². The lowest BCUT2D eigenvalue weighted by Crippen LogP contribution is -2.51. The van der Waals surface area contributed by atoms with Gasteiger partial charge in [-0.15, -0.1) is 0 Å². The average molecular weight is 237 g/mol. The Labute approximate surface area is 105 Å². The van der Waals surface area contributed by atoms with Gasteiger partial charge in [0.2, 0.25) is 0 Å². The molecule has 0 amide bonds. The second kappa shape index (κ2) is 3.96. The topological polar surface area (TPSA) is 32.3 Å². The fourth-order valence-electron chi connectivity index (χ4n) is 5.76. The van der Waals surface area contributed by atoms with Gasteiger partial charge in [-0.25, -0.2) is 0 Å². The van der Waals surface area contributed by atoms with Gasteiger partial charge in [-0.05, 0) is 82.1 Å². The first kappa shape index (κ1) is 12.0. The van der Waals surface area contributed by atoms with Crippen LogP contribution in [0.5, 0.6) is 0 Å². The average Bonchev–Trinajstić information content (AvgIpc) is 2.11. The van der Waals surface area contributed by atoms with Crippen LogP contribution in [0, 0.1) is 23.2 Å². The van der Waals surface area contributed by atoms with Crippen LogP contribution in [-0.4, -0.2) is 24.3 Å². The highest BCUT2D eigenvalue weighted by Crippen LogP contribution is 2.62. The van der Waals surface area contributed by atoms with E-state index in [9.17, 15) is 5.11 Å². The van der Waals surface area contributed by atoms with Crippen LogP contribution < -0.4 is 5.32 Å². The molecule has 4 saturated carbocycles. The molecule has 2 heteroatoms. The minimum absolute atomic E-state index is 0.495. The molecule has 0 heterocycles. The van der Waals surface area contributed by atoms with Crippen LogP contribution >= 0.6 is 0 Å². The first-order chi connectivity index (χ1) is 8.00. The van der Waals surface area contributed by atoms with E-state index in [1.807, 2.05) is 14.0 Å². The van der Waals surface area contributed by atoms with Crippen molar-refractivity contribution in [1.82, 2.24) is 5.32 Å². The van der Waals surface area contributed by atoms with E-state index in [2.05, 4.69) is 5.32 Å². The summed E-state index contributed by atoms with van der Waals surface area (Å²) in [5, 5.41) is 13.7. The molecule has 0 aromatic heterocycles. The van der Waals surface area contributed by atoms with E-state index in [1.165, 1.54) is 38.5 Å².